The second-order valence-electron chi connectivity index (χ2n) is 5.73. The molecule has 4 nitrogen and oxygen atoms in total. The number of nitrogens with zero attached hydrogens (tertiary/aromatic N) is 1. The summed E-state index contributed by atoms with van der Waals surface area (Å²) in [5.74, 6) is 0.873. The van der Waals surface area contributed by atoms with Gasteiger partial charge in [-0.25, -0.2) is 0 Å². The molecule has 2 rings (SSSR count). The van der Waals surface area contributed by atoms with Gasteiger partial charge in [0.15, 0.2) is 0 Å². The van der Waals surface area contributed by atoms with E-state index in [1.54, 1.807) is 0 Å². The number of ether oxygens (including phenoxy) is 2. The van der Waals surface area contributed by atoms with Gasteiger partial charge in [-0.3, -0.25) is 4.98 Å². The molecule has 0 radical (unpaired) electrons. The first-order chi connectivity index (χ1) is 9.65. The van der Waals surface area contributed by atoms with E-state index in [4.69, 9.17) is 9.47 Å². The first-order valence-electron chi connectivity index (χ1n) is 7.59. The van der Waals surface area contributed by atoms with E-state index in [1.165, 1.54) is 12.8 Å². The first kappa shape index (κ1) is 15.3. The van der Waals surface area contributed by atoms with Crippen LogP contribution in [0.3, 0.4) is 0 Å². The molecule has 1 atom stereocenters. The lowest BCUT2D eigenvalue weighted by atomic mass is 10.1. The molecule has 1 aromatic rings. The Labute approximate surface area is 121 Å². The number of nitrogens with one attached hydrogen (secondary N) is 1. The van der Waals surface area contributed by atoms with E-state index in [1.807, 2.05) is 19.1 Å². The number of rotatable bonds is 6. The highest BCUT2D eigenvalue weighted by Gasteiger charge is 2.15. The van der Waals surface area contributed by atoms with Crippen molar-refractivity contribution in [1.29, 1.82) is 0 Å². The van der Waals surface area contributed by atoms with Gasteiger partial charge in [-0.15, -0.1) is 0 Å². The predicted molar refractivity (Wildman–Crippen MR) is 80.0 cm³/mol. The molecule has 0 spiro atoms. The molecule has 20 heavy (non-hydrogen) atoms. The number of pyridine rings is 1. The molecule has 1 saturated heterocycles. The van der Waals surface area contributed by atoms with E-state index < -0.39 is 0 Å². The summed E-state index contributed by atoms with van der Waals surface area (Å²) in [5.41, 5.74) is 2.00. The molecular weight excluding hydrogens is 252 g/mol. The van der Waals surface area contributed by atoms with E-state index in [0.717, 1.165) is 36.7 Å². The SMILES string of the molecule is Cc1ccc(OCC2CCCCO2)c(CNC(C)C)n1. The van der Waals surface area contributed by atoms with Crippen molar-refractivity contribution in [3.63, 3.8) is 0 Å². The monoisotopic (exact) mass is 278 g/mol. The standard InChI is InChI=1S/C16H26N2O2/c1-12(2)17-10-15-16(8-7-13(3)18-15)20-11-14-6-4-5-9-19-14/h7-8,12,14,17H,4-6,9-11H2,1-3H3. The summed E-state index contributed by atoms with van der Waals surface area (Å²) in [5, 5.41) is 3.39. The molecule has 0 amide bonds. The zero-order chi connectivity index (χ0) is 14.4. The van der Waals surface area contributed by atoms with Gasteiger partial charge in [-0.1, -0.05) is 13.8 Å². The molecule has 112 valence electrons. The van der Waals surface area contributed by atoms with Gasteiger partial charge in [-0.2, -0.15) is 0 Å². The summed E-state index contributed by atoms with van der Waals surface area (Å²) in [7, 11) is 0. The molecule has 1 fully saturated rings. The molecule has 1 aliphatic heterocycles. The normalized spacial score (nSPS) is 19.3. The number of hydrogen-bond donors (Lipinski definition) is 1. The van der Waals surface area contributed by atoms with Crippen LogP contribution in [0, 0.1) is 6.92 Å². The Bertz CT molecular complexity index is 415. The fourth-order valence-electron chi connectivity index (χ4n) is 2.28. The Morgan fingerprint density at radius 2 is 2.25 bits per heavy atom. The second kappa shape index (κ2) is 7.60. The molecule has 0 aromatic carbocycles. The molecule has 1 unspecified atom stereocenters. The smallest absolute Gasteiger partial charge is 0.142 e. The van der Waals surface area contributed by atoms with Crippen molar-refractivity contribution >= 4 is 0 Å². The van der Waals surface area contributed by atoms with Gasteiger partial charge in [0, 0.05) is 24.9 Å². The molecule has 1 N–H and O–H groups in total. The zero-order valence-corrected chi connectivity index (χ0v) is 12.8. The van der Waals surface area contributed by atoms with Gasteiger partial charge >= 0.3 is 0 Å². The highest BCUT2D eigenvalue weighted by atomic mass is 16.5. The van der Waals surface area contributed by atoms with E-state index >= 15 is 0 Å². The Morgan fingerprint density at radius 3 is 2.95 bits per heavy atom. The molecule has 4 heteroatoms. The molecule has 0 aliphatic carbocycles. The van der Waals surface area contributed by atoms with E-state index in [2.05, 4.69) is 24.1 Å². The fraction of sp³-hybridized carbons (Fsp3) is 0.688. The van der Waals surface area contributed by atoms with Gasteiger partial charge < -0.3 is 14.8 Å². The van der Waals surface area contributed by atoms with Crippen LogP contribution in [-0.2, 0) is 11.3 Å². The zero-order valence-electron chi connectivity index (χ0n) is 12.8. The summed E-state index contributed by atoms with van der Waals surface area (Å²) >= 11 is 0. The van der Waals surface area contributed by atoms with Crippen LogP contribution in [0.1, 0.15) is 44.5 Å². The minimum Gasteiger partial charge on any atom is -0.489 e. The van der Waals surface area contributed by atoms with Gasteiger partial charge in [0.05, 0.1) is 11.8 Å². The van der Waals surface area contributed by atoms with Crippen LogP contribution in [-0.4, -0.2) is 30.3 Å². The Hall–Kier alpha value is -1.13. The summed E-state index contributed by atoms with van der Waals surface area (Å²) in [4.78, 5) is 4.58. The number of aromatic nitrogens is 1. The maximum Gasteiger partial charge on any atom is 0.142 e. The average Bonchev–Trinajstić information content (AvgIpc) is 2.45. The molecule has 0 bridgehead atoms. The first-order valence-corrected chi connectivity index (χ1v) is 7.59. The summed E-state index contributed by atoms with van der Waals surface area (Å²) in [6.07, 6.45) is 3.74. The van der Waals surface area contributed by atoms with Crippen molar-refractivity contribution in [1.82, 2.24) is 10.3 Å². The Kier molecular flexibility index (Phi) is 5.80. The van der Waals surface area contributed by atoms with Crippen LogP contribution >= 0.6 is 0 Å². The third-order valence-corrected chi connectivity index (χ3v) is 3.45. The minimum atomic E-state index is 0.232. The fourth-order valence-corrected chi connectivity index (χ4v) is 2.28. The molecule has 2 heterocycles. The summed E-state index contributed by atoms with van der Waals surface area (Å²) < 4.78 is 11.6. The summed E-state index contributed by atoms with van der Waals surface area (Å²) in [6.45, 7) is 8.49. The number of aryl methyl sites for hydroxylation is 1. The predicted octanol–water partition coefficient (Wildman–Crippen LogP) is 2.84. The van der Waals surface area contributed by atoms with E-state index in [-0.39, 0.29) is 6.10 Å². The quantitative estimate of drug-likeness (QED) is 0.869. The van der Waals surface area contributed by atoms with Crippen LogP contribution < -0.4 is 10.1 Å². The van der Waals surface area contributed by atoms with Crippen molar-refractivity contribution in [2.45, 2.75) is 58.7 Å². The Balaban J connectivity index is 1.94. The lowest BCUT2D eigenvalue weighted by Gasteiger charge is -2.23. The van der Waals surface area contributed by atoms with Gasteiger partial charge in [-0.05, 0) is 38.3 Å². The van der Waals surface area contributed by atoms with Crippen molar-refractivity contribution in [2.24, 2.45) is 0 Å². The van der Waals surface area contributed by atoms with Crippen molar-refractivity contribution in [3.05, 3.63) is 23.5 Å². The largest absolute Gasteiger partial charge is 0.489 e. The topological polar surface area (TPSA) is 43.4 Å². The number of hydrogen-bond acceptors (Lipinski definition) is 4. The highest BCUT2D eigenvalue weighted by molar-refractivity contribution is 5.29. The lowest BCUT2D eigenvalue weighted by molar-refractivity contribution is -0.0113. The van der Waals surface area contributed by atoms with Gasteiger partial charge in [0.2, 0.25) is 0 Å². The summed E-state index contributed by atoms with van der Waals surface area (Å²) in [6, 6.07) is 4.45. The molecule has 0 saturated carbocycles. The van der Waals surface area contributed by atoms with Crippen LogP contribution in [0.5, 0.6) is 5.75 Å². The molecular formula is C16H26N2O2. The van der Waals surface area contributed by atoms with Crippen LogP contribution in [0.4, 0.5) is 0 Å². The van der Waals surface area contributed by atoms with Crippen molar-refractivity contribution in [3.8, 4) is 5.75 Å². The third kappa shape index (κ3) is 4.76. The molecule has 1 aromatic heterocycles. The Morgan fingerprint density at radius 1 is 1.40 bits per heavy atom. The average molecular weight is 278 g/mol. The maximum atomic E-state index is 5.94. The maximum absolute atomic E-state index is 5.94. The van der Waals surface area contributed by atoms with Crippen LogP contribution in [0.2, 0.25) is 0 Å². The van der Waals surface area contributed by atoms with Crippen molar-refractivity contribution in [2.75, 3.05) is 13.2 Å². The van der Waals surface area contributed by atoms with Gasteiger partial charge in [0.1, 0.15) is 12.4 Å². The lowest BCUT2D eigenvalue weighted by Crippen LogP contribution is -2.27. The van der Waals surface area contributed by atoms with Crippen molar-refractivity contribution < 1.29 is 9.47 Å². The van der Waals surface area contributed by atoms with E-state index in [9.17, 15) is 0 Å². The molecule has 1 aliphatic rings. The van der Waals surface area contributed by atoms with Crippen LogP contribution in [0.25, 0.3) is 0 Å². The van der Waals surface area contributed by atoms with Crippen LogP contribution in [0.15, 0.2) is 12.1 Å². The highest BCUT2D eigenvalue weighted by Crippen LogP contribution is 2.19. The van der Waals surface area contributed by atoms with Gasteiger partial charge in [0.25, 0.3) is 0 Å². The van der Waals surface area contributed by atoms with E-state index in [0.29, 0.717) is 12.6 Å². The second-order valence-corrected chi connectivity index (χ2v) is 5.73. The third-order valence-electron chi connectivity index (χ3n) is 3.45. The minimum absolute atomic E-state index is 0.232.